The molecule has 4 rings (SSSR count). The van der Waals surface area contributed by atoms with Gasteiger partial charge in [0.25, 0.3) is 5.91 Å². The summed E-state index contributed by atoms with van der Waals surface area (Å²) in [4.78, 5) is 29.0. The number of rotatable bonds is 6. The average Bonchev–Trinajstić information content (AvgIpc) is 2.78. The van der Waals surface area contributed by atoms with Gasteiger partial charge in [-0.3, -0.25) is 9.69 Å². The Kier molecular flexibility index (Phi) is 6.77. The Hall–Kier alpha value is -2.90. The molecule has 1 amide bonds. The topological polar surface area (TPSA) is 80.2 Å². The Labute approximate surface area is 189 Å². The summed E-state index contributed by atoms with van der Waals surface area (Å²) in [5.74, 6) is 1.09. The monoisotopic (exact) mass is 433 g/mol. The van der Waals surface area contributed by atoms with Gasteiger partial charge in [0.2, 0.25) is 0 Å². The highest BCUT2D eigenvalue weighted by Crippen LogP contribution is 2.27. The first kappa shape index (κ1) is 22.3. The SMILES string of the molecule is CC(C)NC(=O)c1cc([C@H]2CN(Cc3cnc(C(C)C)nc3)CCO2)nc2ccccc12. The van der Waals surface area contributed by atoms with Gasteiger partial charge >= 0.3 is 0 Å². The normalized spacial score (nSPS) is 17.2. The molecule has 0 radical (unpaired) electrons. The minimum Gasteiger partial charge on any atom is -0.369 e. The first-order valence-electron chi connectivity index (χ1n) is 11.3. The van der Waals surface area contributed by atoms with E-state index in [0.717, 1.165) is 41.1 Å². The lowest BCUT2D eigenvalue weighted by atomic mass is 10.0. The van der Waals surface area contributed by atoms with Crippen LogP contribution in [0.1, 0.15) is 67.2 Å². The van der Waals surface area contributed by atoms with Crippen LogP contribution >= 0.6 is 0 Å². The molecule has 7 heteroatoms. The van der Waals surface area contributed by atoms with Crippen molar-refractivity contribution < 1.29 is 9.53 Å². The number of nitrogens with zero attached hydrogens (tertiary/aromatic N) is 4. The van der Waals surface area contributed by atoms with E-state index in [4.69, 9.17) is 9.72 Å². The van der Waals surface area contributed by atoms with Gasteiger partial charge in [-0.1, -0.05) is 32.0 Å². The second-order valence-electron chi connectivity index (χ2n) is 8.94. The van der Waals surface area contributed by atoms with Crippen LogP contribution in [0.15, 0.2) is 42.7 Å². The number of carbonyl (C=O) groups excluding carboxylic acids is 1. The summed E-state index contributed by atoms with van der Waals surface area (Å²) in [6, 6.07) is 9.70. The number of benzene rings is 1. The van der Waals surface area contributed by atoms with E-state index in [9.17, 15) is 4.79 Å². The van der Waals surface area contributed by atoms with Crippen molar-refractivity contribution in [3.05, 3.63) is 65.4 Å². The van der Waals surface area contributed by atoms with Crippen LogP contribution < -0.4 is 5.32 Å². The molecule has 168 valence electrons. The second kappa shape index (κ2) is 9.71. The number of morpholine rings is 1. The summed E-state index contributed by atoms with van der Waals surface area (Å²) in [5.41, 5.74) is 3.31. The van der Waals surface area contributed by atoms with Crippen molar-refractivity contribution in [3.63, 3.8) is 0 Å². The molecule has 1 aromatic carbocycles. The number of fused-ring (bicyclic) bond motifs is 1. The number of ether oxygens (including phenoxy) is 1. The smallest absolute Gasteiger partial charge is 0.252 e. The Morgan fingerprint density at radius 2 is 1.94 bits per heavy atom. The molecule has 0 aliphatic carbocycles. The third-order valence-electron chi connectivity index (χ3n) is 5.53. The molecule has 0 spiro atoms. The highest BCUT2D eigenvalue weighted by atomic mass is 16.5. The fourth-order valence-electron chi connectivity index (χ4n) is 3.92. The highest BCUT2D eigenvalue weighted by molar-refractivity contribution is 6.06. The molecule has 3 heterocycles. The van der Waals surface area contributed by atoms with Crippen molar-refractivity contribution in [2.75, 3.05) is 19.7 Å². The molecule has 1 fully saturated rings. The number of amides is 1. The lowest BCUT2D eigenvalue weighted by Gasteiger charge is -2.32. The first-order valence-corrected chi connectivity index (χ1v) is 11.3. The lowest BCUT2D eigenvalue weighted by Crippen LogP contribution is -2.38. The molecule has 1 atom stereocenters. The molecule has 3 aromatic rings. The van der Waals surface area contributed by atoms with Crippen molar-refractivity contribution in [2.45, 2.75) is 52.3 Å². The van der Waals surface area contributed by atoms with Gasteiger partial charge in [-0.2, -0.15) is 0 Å². The lowest BCUT2D eigenvalue weighted by molar-refractivity contribution is -0.0349. The van der Waals surface area contributed by atoms with Gasteiger partial charge in [0, 0.05) is 54.9 Å². The van der Waals surface area contributed by atoms with E-state index in [1.165, 1.54) is 0 Å². The molecule has 1 saturated heterocycles. The van der Waals surface area contributed by atoms with E-state index >= 15 is 0 Å². The van der Waals surface area contributed by atoms with Crippen molar-refractivity contribution >= 4 is 16.8 Å². The number of pyridine rings is 1. The van der Waals surface area contributed by atoms with Gasteiger partial charge < -0.3 is 10.1 Å². The standard InChI is InChI=1S/C25H31N5O2/c1-16(2)24-26-12-18(13-27-24)14-30-9-10-32-23(15-30)22-11-20(25(31)28-17(3)4)19-7-5-6-8-21(19)29-22/h5-8,11-13,16-17,23H,9-10,14-15H2,1-4H3,(H,28,31)/t23-/m1/s1. The third-order valence-corrected chi connectivity index (χ3v) is 5.53. The summed E-state index contributed by atoms with van der Waals surface area (Å²) >= 11 is 0. The zero-order valence-electron chi connectivity index (χ0n) is 19.2. The number of para-hydroxylation sites is 1. The largest absolute Gasteiger partial charge is 0.369 e. The zero-order chi connectivity index (χ0) is 22.7. The van der Waals surface area contributed by atoms with Crippen molar-refractivity contribution in [3.8, 4) is 0 Å². The van der Waals surface area contributed by atoms with E-state index in [1.807, 2.05) is 56.6 Å². The molecule has 2 aromatic heterocycles. The molecular weight excluding hydrogens is 402 g/mol. The quantitative estimate of drug-likeness (QED) is 0.636. The van der Waals surface area contributed by atoms with Gasteiger partial charge in [0.1, 0.15) is 11.9 Å². The Balaban J connectivity index is 1.56. The van der Waals surface area contributed by atoms with Crippen LogP contribution in [0.2, 0.25) is 0 Å². The Morgan fingerprint density at radius 3 is 2.66 bits per heavy atom. The van der Waals surface area contributed by atoms with Crippen molar-refractivity contribution in [1.82, 2.24) is 25.2 Å². The Morgan fingerprint density at radius 1 is 1.19 bits per heavy atom. The summed E-state index contributed by atoms with van der Waals surface area (Å²) in [6.45, 7) is 11.0. The number of hydrogen-bond acceptors (Lipinski definition) is 6. The highest BCUT2D eigenvalue weighted by Gasteiger charge is 2.25. The number of carbonyl (C=O) groups is 1. The van der Waals surface area contributed by atoms with Crippen LogP contribution in [0, 0.1) is 0 Å². The van der Waals surface area contributed by atoms with Gasteiger partial charge in [0.15, 0.2) is 0 Å². The minimum absolute atomic E-state index is 0.0589. The minimum atomic E-state index is -0.199. The van der Waals surface area contributed by atoms with E-state index in [2.05, 4.69) is 34.0 Å². The molecule has 32 heavy (non-hydrogen) atoms. The fraction of sp³-hybridized carbons (Fsp3) is 0.440. The van der Waals surface area contributed by atoms with Gasteiger partial charge in [-0.25, -0.2) is 15.0 Å². The van der Waals surface area contributed by atoms with Crippen LogP contribution in [-0.2, 0) is 11.3 Å². The summed E-state index contributed by atoms with van der Waals surface area (Å²) in [6.07, 6.45) is 3.63. The maximum atomic E-state index is 12.9. The number of hydrogen-bond donors (Lipinski definition) is 1. The molecule has 0 unspecified atom stereocenters. The van der Waals surface area contributed by atoms with Gasteiger partial charge in [-0.05, 0) is 26.0 Å². The molecule has 1 aliphatic rings. The van der Waals surface area contributed by atoms with Gasteiger partial charge in [-0.15, -0.1) is 0 Å². The van der Waals surface area contributed by atoms with Crippen LogP contribution in [-0.4, -0.2) is 51.5 Å². The molecule has 1 aliphatic heterocycles. The molecular formula is C25H31N5O2. The van der Waals surface area contributed by atoms with Crippen molar-refractivity contribution in [2.24, 2.45) is 0 Å². The first-order chi connectivity index (χ1) is 15.4. The summed E-state index contributed by atoms with van der Waals surface area (Å²) in [7, 11) is 0. The van der Waals surface area contributed by atoms with Crippen LogP contribution in [0.3, 0.4) is 0 Å². The van der Waals surface area contributed by atoms with Gasteiger partial charge in [0.05, 0.1) is 23.4 Å². The third kappa shape index (κ3) is 5.11. The van der Waals surface area contributed by atoms with Crippen LogP contribution in [0.25, 0.3) is 10.9 Å². The van der Waals surface area contributed by atoms with E-state index in [-0.39, 0.29) is 18.1 Å². The van der Waals surface area contributed by atoms with E-state index < -0.39 is 0 Å². The predicted octanol–water partition coefficient (Wildman–Crippen LogP) is 3.86. The number of aromatic nitrogens is 3. The fourth-order valence-corrected chi connectivity index (χ4v) is 3.92. The molecule has 0 bridgehead atoms. The second-order valence-corrected chi connectivity index (χ2v) is 8.94. The van der Waals surface area contributed by atoms with Crippen LogP contribution in [0.5, 0.6) is 0 Å². The molecule has 1 N–H and O–H groups in total. The Bertz CT molecular complexity index is 1080. The zero-order valence-corrected chi connectivity index (χ0v) is 19.2. The maximum Gasteiger partial charge on any atom is 0.252 e. The van der Waals surface area contributed by atoms with E-state index in [1.54, 1.807) is 0 Å². The number of nitrogens with one attached hydrogen (secondary N) is 1. The summed E-state index contributed by atoms with van der Waals surface area (Å²) < 4.78 is 6.08. The molecule has 7 nitrogen and oxygen atoms in total. The molecule has 0 saturated carbocycles. The predicted molar refractivity (Wildman–Crippen MR) is 124 cm³/mol. The average molecular weight is 434 g/mol. The summed E-state index contributed by atoms with van der Waals surface area (Å²) in [5, 5.41) is 3.85. The van der Waals surface area contributed by atoms with Crippen LogP contribution in [0.4, 0.5) is 0 Å². The maximum absolute atomic E-state index is 12.9. The van der Waals surface area contributed by atoms with Crippen molar-refractivity contribution in [1.29, 1.82) is 0 Å². The van der Waals surface area contributed by atoms with E-state index in [0.29, 0.717) is 24.6 Å².